The number of carbonyl (C=O) groups is 2. The van der Waals surface area contributed by atoms with Crippen LogP contribution in [0.3, 0.4) is 0 Å². The number of benzene rings is 2. The van der Waals surface area contributed by atoms with Crippen LogP contribution in [-0.2, 0) is 21.1 Å². The Kier molecular flexibility index (Phi) is 9.48. The number of aryl methyl sites for hydroxylation is 1. The molecule has 1 aromatic heterocycles. The zero-order chi connectivity index (χ0) is 28.9. The van der Waals surface area contributed by atoms with Crippen LogP contribution in [0.25, 0.3) is 0 Å². The summed E-state index contributed by atoms with van der Waals surface area (Å²) in [6.07, 6.45) is 5.36. The number of hydrogen-bond donors (Lipinski definition) is 2. The molecule has 2 heterocycles. The Hall–Kier alpha value is -3.43. The van der Waals surface area contributed by atoms with Crippen LogP contribution in [0.4, 0.5) is 11.5 Å². The lowest BCUT2D eigenvalue weighted by atomic mass is 9.93. The van der Waals surface area contributed by atoms with Gasteiger partial charge in [0.15, 0.2) is 15.7 Å². The van der Waals surface area contributed by atoms with Crippen molar-refractivity contribution in [2.24, 2.45) is 5.92 Å². The van der Waals surface area contributed by atoms with E-state index in [2.05, 4.69) is 46.8 Å². The topological polar surface area (TPSA) is 108 Å². The molecular weight excluding hydrogens is 548 g/mol. The summed E-state index contributed by atoms with van der Waals surface area (Å²) in [5, 5.41) is 6.36. The van der Waals surface area contributed by atoms with E-state index >= 15 is 0 Å². The quantitative estimate of drug-likeness (QED) is 0.348. The van der Waals surface area contributed by atoms with Crippen LogP contribution in [0.5, 0.6) is 0 Å². The van der Waals surface area contributed by atoms with Crippen molar-refractivity contribution in [3.8, 4) is 0 Å². The average molecular weight is 583 g/mol. The summed E-state index contributed by atoms with van der Waals surface area (Å²) in [6, 6.07) is 16.2. The highest BCUT2D eigenvalue weighted by Gasteiger charge is 2.26. The number of halogens is 1. The van der Waals surface area contributed by atoms with Crippen molar-refractivity contribution in [1.29, 1.82) is 0 Å². The Morgan fingerprint density at radius 2 is 1.80 bits per heavy atom. The Morgan fingerprint density at radius 3 is 2.42 bits per heavy atom. The zero-order valence-corrected chi connectivity index (χ0v) is 24.6. The first-order valence-corrected chi connectivity index (χ1v) is 15.7. The fraction of sp³-hybridized carbons (Fsp3) is 0.367. The number of rotatable bonds is 9. The highest BCUT2D eigenvalue weighted by Crippen LogP contribution is 2.31. The molecule has 2 N–H and O–H groups in total. The number of aromatic nitrogens is 1. The first-order valence-electron chi connectivity index (χ1n) is 13.4. The van der Waals surface area contributed by atoms with Gasteiger partial charge < -0.3 is 15.5 Å². The molecule has 4 rings (SSSR count). The number of nitrogens with one attached hydrogen (secondary N) is 2. The number of sulfone groups is 1. The van der Waals surface area contributed by atoms with Crippen LogP contribution in [-0.4, -0.2) is 44.6 Å². The molecule has 212 valence electrons. The molecule has 1 unspecified atom stereocenters. The largest absolute Gasteiger partial charge is 0.355 e. The minimum atomic E-state index is -3.53. The Labute approximate surface area is 241 Å². The van der Waals surface area contributed by atoms with Crippen LogP contribution < -0.4 is 15.5 Å². The molecule has 2 aromatic carbocycles. The minimum absolute atomic E-state index is 0.0163. The van der Waals surface area contributed by atoms with Crippen LogP contribution in [0.15, 0.2) is 65.7 Å². The molecule has 1 aliphatic heterocycles. The van der Waals surface area contributed by atoms with Crippen molar-refractivity contribution in [3.05, 3.63) is 82.5 Å². The molecule has 0 aliphatic carbocycles. The van der Waals surface area contributed by atoms with Gasteiger partial charge in [-0.15, -0.1) is 0 Å². The van der Waals surface area contributed by atoms with E-state index in [1.54, 1.807) is 24.3 Å². The summed E-state index contributed by atoms with van der Waals surface area (Å²) < 4.78 is 24.4. The summed E-state index contributed by atoms with van der Waals surface area (Å²) in [5.74, 6) is 0.317. The van der Waals surface area contributed by atoms with E-state index < -0.39 is 15.7 Å². The van der Waals surface area contributed by atoms with Crippen LogP contribution >= 0.6 is 11.6 Å². The third kappa shape index (κ3) is 7.61. The normalized spacial score (nSPS) is 14.9. The Bertz CT molecular complexity index is 1470. The molecule has 0 saturated carbocycles. The molecule has 2 amide bonds. The molecule has 1 fully saturated rings. The van der Waals surface area contributed by atoms with E-state index in [0.717, 1.165) is 31.1 Å². The predicted molar refractivity (Wildman–Crippen MR) is 159 cm³/mol. The van der Waals surface area contributed by atoms with E-state index in [1.807, 2.05) is 11.8 Å². The summed E-state index contributed by atoms with van der Waals surface area (Å²) >= 11 is 6.04. The maximum absolute atomic E-state index is 12.9. The van der Waals surface area contributed by atoms with Crippen molar-refractivity contribution >= 4 is 44.8 Å². The van der Waals surface area contributed by atoms with E-state index in [4.69, 9.17) is 11.6 Å². The van der Waals surface area contributed by atoms with Crippen LogP contribution in [0.2, 0.25) is 5.02 Å². The Balaban J connectivity index is 1.40. The lowest BCUT2D eigenvalue weighted by Crippen LogP contribution is -2.37. The number of piperidine rings is 1. The van der Waals surface area contributed by atoms with E-state index in [1.165, 1.54) is 17.8 Å². The molecule has 1 aliphatic rings. The van der Waals surface area contributed by atoms with Gasteiger partial charge in [-0.05, 0) is 67.5 Å². The number of hydrogen-bond acceptors (Lipinski definition) is 6. The molecule has 1 saturated heterocycles. The molecule has 0 spiro atoms. The Morgan fingerprint density at radius 1 is 1.10 bits per heavy atom. The third-order valence-corrected chi connectivity index (χ3v) is 8.57. The second kappa shape index (κ2) is 12.8. The van der Waals surface area contributed by atoms with E-state index in [-0.39, 0.29) is 22.8 Å². The monoisotopic (exact) mass is 582 g/mol. The highest BCUT2D eigenvalue weighted by atomic mass is 35.5. The van der Waals surface area contributed by atoms with Gasteiger partial charge in [-0.1, -0.05) is 48.9 Å². The van der Waals surface area contributed by atoms with Gasteiger partial charge in [0.25, 0.3) is 5.91 Å². The number of nitrogens with zero attached hydrogens (tertiary/aromatic N) is 2. The highest BCUT2D eigenvalue weighted by molar-refractivity contribution is 7.90. The van der Waals surface area contributed by atoms with Gasteiger partial charge in [0.1, 0.15) is 0 Å². The fourth-order valence-corrected chi connectivity index (χ4v) is 5.61. The number of anilines is 2. The van der Waals surface area contributed by atoms with Gasteiger partial charge in [0, 0.05) is 42.5 Å². The molecule has 0 radical (unpaired) electrons. The second-order valence-electron chi connectivity index (χ2n) is 10.3. The molecular formula is C30H35ClN4O4S. The smallest absolute Gasteiger partial charge is 0.255 e. The first-order chi connectivity index (χ1) is 19.0. The lowest BCUT2D eigenvalue weighted by molar-refractivity contribution is -0.122. The zero-order valence-electron chi connectivity index (χ0n) is 23.0. The summed E-state index contributed by atoms with van der Waals surface area (Å²) in [6.45, 7) is 5.35. The van der Waals surface area contributed by atoms with Gasteiger partial charge in [0.05, 0.1) is 16.6 Å². The van der Waals surface area contributed by atoms with Gasteiger partial charge in [-0.25, -0.2) is 13.4 Å². The van der Waals surface area contributed by atoms with Crippen molar-refractivity contribution in [2.75, 3.05) is 29.6 Å². The van der Waals surface area contributed by atoms with Gasteiger partial charge in [-0.3, -0.25) is 9.59 Å². The predicted octanol–water partition coefficient (Wildman–Crippen LogP) is 5.44. The maximum Gasteiger partial charge on any atom is 0.255 e. The summed E-state index contributed by atoms with van der Waals surface area (Å²) in [7, 11) is -3.53. The number of pyridine rings is 1. The standard InChI is InChI=1S/C30H35ClN4O4S/c1-4-21-8-10-23(11-9-21)20(2)33-28(36)16-22-12-14-35(15-13-22)29-27(18-26(19-32-29)40(3,38)39)34-30(37)24-6-5-7-25(31)17-24/h5-11,17-20,22H,4,12-16H2,1-3H3,(H,33,36)(H,34,37). The van der Waals surface area contributed by atoms with Crippen molar-refractivity contribution < 1.29 is 18.0 Å². The van der Waals surface area contributed by atoms with Crippen LogP contribution in [0, 0.1) is 5.92 Å². The fourth-order valence-electron chi connectivity index (χ4n) is 4.85. The van der Waals surface area contributed by atoms with Crippen molar-refractivity contribution in [1.82, 2.24) is 10.3 Å². The van der Waals surface area contributed by atoms with Crippen LogP contribution in [0.1, 0.15) is 60.6 Å². The SMILES string of the molecule is CCc1ccc(C(C)NC(=O)CC2CCN(c3ncc(S(C)(=O)=O)cc3NC(=O)c3cccc(Cl)c3)CC2)cc1. The van der Waals surface area contributed by atoms with Gasteiger partial charge >= 0.3 is 0 Å². The van der Waals surface area contributed by atoms with Gasteiger partial charge in [0.2, 0.25) is 5.91 Å². The van der Waals surface area contributed by atoms with E-state index in [9.17, 15) is 18.0 Å². The minimum Gasteiger partial charge on any atom is -0.355 e. The van der Waals surface area contributed by atoms with Crippen molar-refractivity contribution in [3.63, 3.8) is 0 Å². The molecule has 1 atom stereocenters. The number of amides is 2. The molecule has 3 aromatic rings. The van der Waals surface area contributed by atoms with Gasteiger partial charge in [-0.2, -0.15) is 0 Å². The maximum atomic E-state index is 12.9. The lowest BCUT2D eigenvalue weighted by Gasteiger charge is -2.34. The third-order valence-electron chi connectivity index (χ3n) is 7.26. The average Bonchev–Trinajstić information content (AvgIpc) is 2.93. The first kappa shape index (κ1) is 29.6. The van der Waals surface area contributed by atoms with E-state index in [0.29, 0.717) is 41.6 Å². The molecule has 10 heteroatoms. The summed E-state index contributed by atoms with van der Waals surface area (Å²) in [5.41, 5.74) is 3.01. The number of carbonyl (C=O) groups excluding carboxylic acids is 2. The molecule has 0 bridgehead atoms. The molecule has 8 nitrogen and oxygen atoms in total. The second-order valence-corrected chi connectivity index (χ2v) is 12.7. The molecule has 40 heavy (non-hydrogen) atoms. The van der Waals surface area contributed by atoms with Crippen molar-refractivity contribution in [2.45, 2.75) is 50.5 Å². The summed E-state index contributed by atoms with van der Waals surface area (Å²) in [4.78, 5) is 32.2.